The van der Waals surface area contributed by atoms with Gasteiger partial charge in [0.15, 0.2) is 11.5 Å². The number of nitrogens with zero attached hydrogens (tertiary/aromatic N) is 3. The standard InChI is InChI=1S/C20H14ClN5O8S/c21-13-1-3-14(4-2-13)24-35(31,32)20-8-15(25(27)28)5-6-16(20)23-22-10-12-7-18-19(34-11-33-18)9-17(12)26(29)30/h1-10,23-24H,11H2. The molecule has 1 aliphatic heterocycles. The maximum atomic E-state index is 13.0. The molecule has 0 amide bonds. The molecule has 0 saturated heterocycles. The lowest BCUT2D eigenvalue weighted by Crippen LogP contribution is -2.15. The Balaban J connectivity index is 1.67. The first kappa shape index (κ1) is 23.7. The van der Waals surface area contributed by atoms with Crippen molar-refractivity contribution in [1.29, 1.82) is 0 Å². The third kappa shape index (κ3) is 5.23. The number of nitro groups is 2. The van der Waals surface area contributed by atoms with Crippen LogP contribution in [0, 0.1) is 20.2 Å². The molecule has 1 heterocycles. The fraction of sp³-hybridized carbons (Fsp3) is 0.0500. The number of hydrogen-bond acceptors (Lipinski definition) is 10. The smallest absolute Gasteiger partial charge is 0.282 e. The van der Waals surface area contributed by atoms with E-state index in [4.69, 9.17) is 21.1 Å². The van der Waals surface area contributed by atoms with E-state index in [2.05, 4.69) is 15.2 Å². The van der Waals surface area contributed by atoms with Gasteiger partial charge < -0.3 is 9.47 Å². The summed E-state index contributed by atoms with van der Waals surface area (Å²) in [6.07, 6.45) is 1.09. The molecule has 180 valence electrons. The molecule has 15 heteroatoms. The first-order valence-electron chi connectivity index (χ1n) is 9.58. The van der Waals surface area contributed by atoms with Crippen LogP contribution in [0.15, 0.2) is 64.6 Å². The topological polar surface area (TPSA) is 175 Å². The Morgan fingerprint density at radius 1 is 0.971 bits per heavy atom. The average Bonchev–Trinajstić information content (AvgIpc) is 3.27. The average molecular weight is 520 g/mol. The number of fused-ring (bicyclic) bond motifs is 1. The van der Waals surface area contributed by atoms with Gasteiger partial charge in [-0.2, -0.15) is 5.10 Å². The van der Waals surface area contributed by atoms with Gasteiger partial charge in [-0.05, 0) is 36.4 Å². The van der Waals surface area contributed by atoms with Gasteiger partial charge in [0, 0.05) is 22.8 Å². The van der Waals surface area contributed by atoms with Gasteiger partial charge in [-0.15, -0.1) is 0 Å². The number of nitrogens with one attached hydrogen (secondary N) is 2. The van der Waals surface area contributed by atoms with Crippen molar-refractivity contribution in [2.24, 2.45) is 5.10 Å². The van der Waals surface area contributed by atoms with Gasteiger partial charge in [0.2, 0.25) is 6.79 Å². The van der Waals surface area contributed by atoms with Crippen LogP contribution in [0.2, 0.25) is 5.02 Å². The fourth-order valence-corrected chi connectivity index (χ4v) is 4.41. The molecular weight excluding hydrogens is 506 g/mol. The lowest BCUT2D eigenvalue weighted by molar-refractivity contribution is -0.385. The predicted molar refractivity (Wildman–Crippen MR) is 126 cm³/mol. The molecule has 2 N–H and O–H groups in total. The number of hydrazone groups is 1. The van der Waals surface area contributed by atoms with Crippen molar-refractivity contribution in [2.75, 3.05) is 16.9 Å². The number of non-ortho nitro benzene ring substituents is 1. The summed E-state index contributed by atoms with van der Waals surface area (Å²) >= 11 is 5.82. The molecule has 4 rings (SSSR count). The minimum Gasteiger partial charge on any atom is -0.454 e. The lowest BCUT2D eigenvalue weighted by atomic mass is 10.1. The highest BCUT2D eigenvalue weighted by atomic mass is 35.5. The molecule has 0 fully saturated rings. The van der Waals surface area contributed by atoms with E-state index in [1.165, 1.54) is 36.4 Å². The zero-order valence-corrected chi connectivity index (χ0v) is 18.9. The number of rotatable bonds is 8. The second-order valence-electron chi connectivity index (χ2n) is 6.94. The van der Waals surface area contributed by atoms with Crippen LogP contribution < -0.4 is 19.6 Å². The number of benzene rings is 3. The molecule has 13 nitrogen and oxygen atoms in total. The van der Waals surface area contributed by atoms with Crippen molar-refractivity contribution in [3.63, 3.8) is 0 Å². The molecule has 0 spiro atoms. The second-order valence-corrected chi connectivity index (χ2v) is 9.03. The monoisotopic (exact) mass is 519 g/mol. The van der Waals surface area contributed by atoms with Crippen LogP contribution in [-0.2, 0) is 10.0 Å². The number of ether oxygens (including phenoxy) is 2. The highest BCUT2D eigenvalue weighted by molar-refractivity contribution is 7.92. The normalized spacial score (nSPS) is 12.5. The Labute approximate surface area is 202 Å². The van der Waals surface area contributed by atoms with Crippen LogP contribution in [0.1, 0.15) is 5.56 Å². The van der Waals surface area contributed by atoms with Crippen molar-refractivity contribution < 1.29 is 27.7 Å². The van der Waals surface area contributed by atoms with Crippen LogP contribution in [0.5, 0.6) is 11.5 Å². The third-order valence-corrected chi connectivity index (χ3v) is 6.34. The molecule has 1 aliphatic rings. The largest absolute Gasteiger partial charge is 0.454 e. The van der Waals surface area contributed by atoms with Crippen molar-refractivity contribution in [1.82, 2.24) is 0 Å². The Morgan fingerprint density at radius 3 is 2.31 bits per heavy atom. The van der Waals surface area contributed by atoms with Crippen molar-refractivity contribution in [2.45, 2.75) is 4.90 Å². The highest BCUT2D eigenvalue weighted by Gasteiger charge is 2.24. The minimum atomic E-state index is -4.32. The summed E-state index contributed by atoms with van der Waals surface area (Å²) in [6, 6.07) is 11.4. The Hall–Kier alpha value is -4.43. The number of anilines is 2. The van der Waals surface area contributed by atoms with Gasteiger partial charge in [-0.1, -0.05) is 11.6 Å². The van der Waals surface area contributed by atoms with Gasteiger partial charge in [0.25, 0.3) is 21.4 Å². The highest BCUT2D eigenvalue weighted by Crippen LogP contribution is 2.37. The second kappa shape index (κ2) is 9.44. The van der Waals surface area contributed by atoms with Crippen LogP contribution in [0.4, 0.5) is 22.7 Å². The first-order valence-corrected chi connectivity index (χ1v) is 11.4. The molecule has 0 radical (unpaired) electrons. The summed E-state index contributed by atoms with van der Waals surface area (Å²) in [5.74, 6) is 0.488. The SMILES string of the molecule is O=[N+]([O-])c1ccc(NN=Cc2cc3c(cc2[N+](=O)[O-])OCO3)c(S(=O)(=O)Nc2ccc(Cl)cc2)c1. The van der Waals surface area contributed by atoms with Gasteiger partial charge >= 0.3 is 0 Å². The Morgan fingerprint density at radius 2 is 1.66 bits per heavy atom. The summed E-state index contributed by atoms with van der Waals surface area (Å²) in [5.41, 5.74) is 1.80. The molecule has 0 bridgehead atoms. The summed E-state index contributed by atoms with van der Waals surface area (Å²) in [5, 5.41) is 26.9. The van der Waals surface area contributed by atoms with E-state index in [0.29, 0.717) is 5.02 Å². The summed E-state index contributed by atoms with van der Waals surface area (Å²) < 4.78 is 38.7. The molecular formula is C20H14ClN5O8S. The van der Waals surface area contributed by atoms with Crippen molar-refractivity contribution >= 4 is 50.6 Å². The van der Waals surface area contributed by atoms with Gasteiger partial charge in [-0.25, -0.2) is 8.42 Å². The first-order chi connectivity index (χ1) is 16.6. The van der Waals surface area contributed by atoms with Gasteiger partial charge in [-0.3, -0.25) is 30.4 Å². The lowest BCUT2D eigenvalue weighted by Gasteiger charge is -2.12. The fourth-order valence-electron chi connectivity index (χ4n) is 3.05. The number of nitro benzene ring substituents is 2. The van der Waals surface area contributed by atoms with Crippen LogP contribution in [0.25, 0.3) is 0 Å². The molecule has 0 unspecified atom stereocenters. The molecule has 0 atom stereocenters. The van der Waals surface area contributed by atoms with Crippen LogP contribution >= 0.6 is 11.6 Å². The van der Waals surface area contributed by atoms with E-state index < -0.39 is 30.5 Å². The summed E-state index contributed by atoms with van der Waals surface area (Å²) in [7, 11) is -4.32. The Bertz CT molecular complexity index is 1460. The molecule has 3 aromatic carbocycles. The van der Waals surface area contributed by atoms with E-state index >= 15 is 0 Å². The number of halogens is 1. The Kier molecular flexibility index (Phi) is 6.40. The van der Waals surface area contributed by atoms with Crippen molar-refractivity contribution in [3.05, 3.63) is 85.4 Å². The molecule has 0 aliphatic carbocycles. The quantitative estimate of drug-likeness (QED) is 0.251. The number of sulfonamides is 1. The maximum absolute atomic E-state index is 13.0. The van der Waals surface area contributed by atoms with Crippen LogP contribution in [0.3, 0.4) is 0 Å². The minimum absolute atomic E-state index is 0.0531. The maximum Gasteiger partial charge on any atom is 0.282 e. The third-order valence-electron chi connectivity index (χ3n) is 4.67. The molecule has 35 heavy (non-hydrogen) atoms. The van der Waals surface area contributed by atoms with E-state index in [9.17, 15) is 28.6 Å². The van der Waals surface area contributed by atoms with E-state index in [0.717, 1.165) is 24.4 Å². The zero-order valence-electron chi connectivity index (χ0n) is 17.4. The molecule has 0 aromatic heterocycles. The molecule has 0 saturated carbocycles. The summed E-state index contributed by atoms with van der Waals surface area (Å²) in [6.45, 7) is -0.0873. The van der Waals surface area contributed by atoms with Gasteiger partial charge in [0.05, 0.1) is 33.4 Å². The zero-order chi connectivity index (χ0) is 25.2. The van der Waals surface area contributed by atoms with E-state index in [1.807, 2.05) is 0 Å². The predicted octanol–water partition coefficient (Wildman–Crippen LogP) is 4.13. The van der Waals surface area contributed by atoms with E-state index in [-0.39, 0.29) is 40.9 Å². The molecule has 3 aromatic rings. The van der Waals surface area contributed by atoms with Gasteiger partial charge in [0.1, 0.15) is 4.90 Å². The summed E-state index contributed by atoms with van der Waals surface area (Å²) in [4.78, 5) is 20.8. The van der Waals surface area contributed by atoms with E-state index in [1.54, 1.807) is 0 Å². The van der Waals surface area contributed by atoms with Crippen LogP contribution in [-0.4, -0.2) is 31.3 Å². The van der Waals surface area contributed by atoms with Crippen molar-refractivity contribution in [3.8, 4) is 11.5 Å². The number of hydrogen-bond donors (Lipinski definition) is 2.